The minimum Gasteiger partial charge on any atom is -0.319 e. The molecule has 2 amide bonds. The highest BCUT2D eigenvalue weighted by Crippen LogP contribution is 2.28. The van der Waals surface area contributed by atoms with E-state index in [0.717, 1.165) is 5.56 Å². The Morgan fingerprint density at radius 3 is 2.67 bits per heavy atom. The van der Waals surface area contributed by atoms with Gasteiger partial charge in [-0.25, -0.2) is 4.79 Å². The molecule has 0 N–H and O–H groups in total. The van der Waals surface area contributed by atoms with Crippen molar-refractivity contribution in [3.63, 3.8) is 0 Å². The molecule has 1 aromatic rings. The molecule has 0 spiro atoms. The van der Waals surface area contributed by atoms with E-state index in [1.807, 2.05) is 12.3 Å². The number of urea groups is 1. The first-order chi connectivity index (χ1) is 8.67. The maximum absolute atomic E-state index is 11.9. The van der Waals surface area contributed by atoms with Crippen molar-refractivity contribution in [1.29, 1.82) is 5.26 Å². The average Bonchev–Trinajstić information content (AvgIpc) is 2.68. The Morgan fingerprint density at radius 2 is 2.11 bits per heavy atom. The van der Waals surface area contributed by atoms with Crippen LogP contribution in [0, 0.1) is 11.3 Å². The maximum Gasteiger partial charge on any atom is 0.321 e. The number of likely N-dealkylation sites (N-methyl/N-ethyl adjacent to an activating group) is 1. The summed E-state index contributed by atoms with van der Waals surface area (Å²) in [5, 5.41) is 8.69. The van der Waals surface area contributed by atoms with E-state index in [-0.39, 0.29) is 18.6 Å². The minimum atomic E-state index is -0.0736. The Balaban J connectivity index is 2.18. The van der Waals surface area contributed by atoms with Gasteiger partial charge in [-0.1, -0.05) is 12.1 Å². The molecule has 0 aliphatic carbocycles. The molecule has 1 aliphatic rings. The molecule has 18 heavy (non-hydrogen) atoms. The summed E-state index contributed by atoms with van der Waals surface area (Å²) >= 11 is 1.70. The van der Waals surface area contributed by atoms with Crippen LogP contribution in [0.5, 0.6) is 0 Å². The van der Waals surface area contributed by atoms with Crippen LogP contribution in [-0.2, 0) is 0 Å². The third kappa shape index (κ3) is 2.29. The molecule has 2 rings (SSSR count). The predicted octanol–water partition coefficient (Wildman–Crippen LogP) is 2.34. The van der Waals surface area contributed by atoms with Crippen LogP contribution in [0.4, 0.5) is 4.79 Å². The zero-order valence-electron chi connectivity index (χ0n) is 10.5. The van der Waals surface area contributed by atoms with Gasteiger partial charge in [0.25, 0.3) is 0 Å². The largest absolute Gasteiger partial charge is 0.321 e. The Morgan fingerprint density at radius 1 is 1.44 bits per heavy atom. The molecule has 1 atom stereocenters. The van der Waals surface area contributed by atoms with Crippen molar-refractivity contribution in [3.8, 4) is 6.07 Å². The van der Waals surface area contributed by atoms with Gasteiger partial charge in [-0.05, 0) is 24.0 Å². The lowest BCUT2D eigenvalue weighted by Crippen LogP contribution is -2.29. The first-order valence-corrected chi connectivity index (χ1v) is 6.92. The van der Waals surface area contributed by atoms with E-state index < -0.39 is 0 Å². The van der Waals surface area contributed by atoms with Gasteiger partial charge in [0.1, 0.15) is 6.54 Å². The quantitative estimate of drug-likeness (QED) is 0.620. The van der Waals surface area contributed by atoms with Crippen LogP contribution in [0.15, 0.2) is 29.2 Å². The second-order valence-electron chi connectivity index (χ2n) is 4.22. The summed E-state index contributed by atoms with van der Waals surface area (Å²) < 4.78 is 0. The first kappa shape index (κ1) is 12.8. The maximum atomic E-state index is 11.9. The summed E-state index contributed by atoms with van der Waals surface area (Å²) in [6.45, 7) is 0.740. The fraction of sp³-hybridized carbons (Fsp3) is 0.385. The van der Waals surface area contributed by atoms with Crippen molar-refractivity contribution in [2.24, 2.45) is 0 Å². The molecule has 1 unspecified atom stereocenters. The number of thioether (sulfide) groups is 1. The third-order valence-corrected chi connectivity index (χ3v) is 3.94. The smallest absolute Gasteiger partial charge is 0.319 e. The van der Waals surface area contributed by atoms with Crippen molar-refractivity contribution in [2.75, 3.05) is 26.4 Å². The van der Waals surface area contributed by atoms with Crippen molar-refractivity contribution < 1.29 is 4.79 Å². The van der Waals surface area contributed by atoms with E-state index in [9.17, 15) is 4.79 Å². The van der Waals surface area contributed by atoms with Crippen LogP contribution in [0.2, 0.25) is 0 Å². The van der Waals surface area contributed by atoms with Crippen LogP contribution in [0.3, 0.4) is 0 Å². The highest BCUT2D eigenvalue weighted by molar-refractivity contribution is 7.98. The SMILES string of the molecule is CSc1ccc(C2CN(CC#N)C(=O)N2C)cc1. The molecule has 0 bridgehead atoms. The molecule has 1 aliphatic heterocycles. The number of nitrogens with zero attached hydrogens (tertiary/aromatic N) is 3. The summed E-state index contributed by atoms with van der Waals surface area (Å²) in [6, 6.07) is 10.2. The molecular formula is C13H15N3OS. The van der Waals surface area contributed by atoms with E-state index in [4.69, 9.17) is 5.26 Å². The van der Waals surface area contributed by atoms with Crippen LogP contribution in [0.25, 0.3) is 0 Å². The van der Waals surface area contributed by atoms with E-state index in [2.05, 4.69) is 24.3 Å². The molecule has 0 saturated carbocycles. The second kappa shape index (κ2) is 5.32. The summed E-state index contributed by atoms with van der Waals surface area (Å²) in [7, 11) is 1.78. The highest BCUT2D eigenvalue weighted by Gasteiger charge is 2.35. The number of benzene rings is 1. The van der Waals surface area contributed by atoms with E-state index in [1.165, 1.54) is 4.90 Å². The third-order valence-electron chi connectivity index (χ3n) is 3.20. The summed E-state index contributed by atoms with van der Waals surface area (Å²) in [5.74, 6) is 0. The minimum absolute atomic E-state index is 0.0433. The summed E-state index contributed by atoms with van der Waals surface area (Å²) in [5.41, 5.74) is 1.11. The van der Waals surface area contributed by atoms with Gasteiger partial charge in [-0.3, -0.25) is 0 Å². The van der Waals surface area contributed by atoms with Crippen LogP contribution in [-0.4, -0.2) is 42.2 Å². The zero-order chi connectivity index (χ0) is 13.1. The predicted molar refractivity (Wildman–Crippen MR) is 71.3 cm³/mol. The van der Waals surface area contributed by atoms with Crippen molar-refractivity contribution in [2.45, 2.75) is 10.9 Å². The molecule has 1 aromatic carbocycles. The number of hydrogen-bond acceptors (Lipinski definition) is 3. The number of rotatable bonds is 3. The lowest BCUT2D eigenvalue weighted by atomic mass is 10.1. The fourth-order valence-electron chi connectivity index (χ4n) is 2.14. The standard InChI is InChI=1S/C13H15N3OS/c1-15-12(9-16(8-7-14)13(15)17)10-3-5-11(18-2)6-4-10/h3-6,12H,8-9H2,1-2H3. The Kier molecular flexibility index (Phi) is 3.78. The highest BCUT2D eigenvalue weighted by atomic mass is 32.2. The van der Waals surface area contributed by atoms with Crippen molar-refractivity contribution in [1.82, 2.24) is 9.80 Å². The monoisotopic (exact) mass is 261 g/mol. The molecule has 1 fully saturated rings. The first-order valence-electron chi connectivity index (χ1n) is 5.70. The van der Waals surface area contributed by atoms with Gasteiger partial charge < -0.3 is 9.80 Å². The summed E-state index contributed by atoms with van der Waals surface area (Å²) in [6.07, 6.45) is 2.04. The second-order valence-corrected chi connectivity index (χ2v) is 5.10. The topological polar surface area (TPSA) is 47.3 Å². The Hall–Kier alpha value is -1.67. The van der Waals surface area contributed by atoms with Gasteiger partial charge in [-0.15, -0.1) is 11.8 Å². The number of carbonyl (C=O) groups is 1. The lowest BCUT2D eigenvalue weighted by molar-refractivity contribution is 0.199. The normalized spacial score (nSPS) is 19.2. The number of amides is 2. The van der Waals surface area contributed by atoms with Crippen LogP contribution >= 0.6 is 11.8 Å². The number of carbonyl (C=O) groups excluding carboxylic acids is 1. The lowest BCUT2D eigenvalue weighted by Gasteiger charge is -2.18. The molecule has 5 heteroatoms. The molecule has 94 valence electrons. The number of hydrogen-bond donors (Lipinski definition) is 0. The van der Waals surface area contributed by atoms with Gasteiger partial charge in [0.05, 0.1) is 12.1 Å². The van der Waals surface area contributed by atoms with Crippen molar-refractivity contribution in [3.05, 3.63) is 29.8 Å². The van der Waals surface area contributed by atoms with E-state index in [0.29, 0.717) is 6.54 Å². The van der Waals surface area contributed by atoms with Crippen LogP contribution in [0.1, 0.15) is 11.6 Å². The van der Waals surface area contributed by atoms with Crippen LogP contribution < -0.4 is 0 Å². The van der Waals surface area contributed by atoms with E-state index in [1.54, 1.807) is 28.6 Å². The van der Waals surface area contributed by atoms with Gasteiger partial charge >= 0.3 is 6.03 Å². The zero-order valence-corrected chi connectivity index (χ0v) is 11.3. The van der Waals surface area contributed by atoms with Gasteiger partial charge in [0.2, 0.25) is 0 Å². The Bertz CT molecular complexity index is 480. The summed E-state index contributed by atoms with van der Waals surface area (Å²) in [4.78, 5) is 16.4. The number of nitriles is 1. The molecular weight excluding hydrogens is 246 g/mol. The van der Waals surface area contributed by atoms with E-state index >= 15 is 0 Å². The van der Waals surface area contributed by atoms with Crippen molar-refractivity contribution >= 4 is 17.8 Å². The molecule has 0 radical (unpaired) electrons. The molecule has 4 nitrogen and oxygen atoms in total. The molecule has 0 aromatic heterocycles. The fourth-order valence-corrected chi connectivity index (χ4v) is 2.55. The van der Waals surface area contributed by atoms with Gasteiger partial charge in [0, 0.05) is 18.5 Å². The molecule has 1 saturated heterocycles. The van der Waals surface area contributed by atoms with Gasteiger partial charge in [0.15, 0.2) is 0 Å². The molecule has 1 heterocycles. The van der Waals surface area contributed by atoms with Gasteiger partial charge in [-0.2, -0.15) is 5.26 Å². The average molecular weight is 261 g/mol. The Labute approximate surface area is 111 Å².